The lowest BCUT2D eigenvalue weighted by Gasteiger charge is -2.25. The maximum absolute atomic E-state index is 5.47. The van der Waals surface area contributed by atoms with Gasteiger partial charge < -0.3 is 0 Å². The number of rotatable bonds is 3. The van der Waals surface area contributed by atoms with Crippen LogP contribution >= 0.6 is 0 Å². The van der Waals surface area contributed by atoms with E-state index < -0.39 is 0 Å². The van der Waals surface area contributed by atoms with Gasteiger partial charge in [0, 0.05) is 27.5 Å². The number of benzene rings is 9. The third kappa shape index (κ3) is 4.49. The molecule has 0 saturated carbocycles. The molecule has 0 amide bonds. The number of hydrogen-bond acceptors (Lipinski definition) is 2. The summed E-state index contributed by atoms with van der Waals surface area (Å²) in [6, 6.07) is 62.4. The first-order valence-electron chi connectivity index (χ1n) is 20.4. The van der Waals surface area contributed by atoms with E-state index >= 15 is 0 Å². The van der Waals surface area contributed by atoms with Crippen molar-refractivity contribution in [3.8, 4) is 56.2 Å². The van der Waals surface area contributed by atoms with Crippen LogP contribution in [0.15, 0.2) is 170 Å². The molecule has 0 aliphatic heterocycles. The molecule has 0 bridgehead atoms. The van der Waals surface area contributed by atoms with Crippen molar-refractivity contribution in [3.63, 3.8) is 0 Å². The van der Waals surface area contributed by atoms with Gasteiger partial charge in [-0.25, -0.2) is 9.97 Å². The zero-order valence-electron chi connectivity index (χ0n) is 33.1. The summed E-state index contributed by atoms with van der Waals surface area (Å²) in [5.74, 6) is 0.728. The topological polar surface area (TPSA) is 25.8 Å². The predicted molar refractivity (Wildman–Crippen MR) is 243 cm³/mol. The van der Waals surface area contributed by atoms with Crippen molar-refractivity contribution < 1.29 is 0 Å². The van der Waals surface area contributed by atoms with E-state index in [9.17, 15) is 0 Å². The summed E-state index contributed by atoms with van der Waals surface area (Å²) in [6.45, 7) is 9.54. The molecule has 274 valence electrons. The third-order valence-corrected chi connectivity index (χ3v) is 13.4. The van der Waals surface area contributed by atoms with Crippen molar-refractivity contribution in [2.24, 2.45) is 0 Å². The largest absolute Gasteiger partial charge is 0.228 e. The molecule has 9 aromatic carbocycles. The first-order valence-corrected chi connectivity index (χ1v) is 20.4. The van der Waals surface area contributed by atoms with Crippen molar-refractivity contribution in [1.82, 2.24) is 9.97 Å². The third-order valence-electron chi connectivity index (χ3n) is 13.4. The molecule has 0 N–H and O–H groups in total. The van der Waals surface area contributed by atoms with Gasteiger partial charge in [-0.05, 0) is 112 Å². The van der Waals surface area contributed by atoms with Crippen LogP contribution in [0.4, 0.5) is 0 Å². The van der Waals surface area contributed by atoms with Crippen molar-refractivity contribution in [2.45, 2.75) is 38.5 Å². The van der Waals surface area contributed by atoms with E-state index in [4.69, 9.17) is 9.97 Å². The molecule has 0 fully saturated rings. The molecule has 2 aliphatic carbocycles. The Morgan fingerprint density at radius 3 is 1.64 bits per heavy atom. The lowest BCUT2D eigenvalue weighted by atomic mass is 9.78. The summed E-state index contributed by atoms with van der Waals surface area (Å²) in [5, 5.41) is 10.2. The molecule has 58 heavy (non-hydrogen) atoms. The van der Waals surface area contributed by atoms with E-state index in [1.807, 2.05) is 0 Å². The molecule has 2 heteroatoms. The van der Waals surface area contributed by atoms with E-state index in [1.165, 1.54) is 87.6 Å². The van der Waals surface area contributed by atoms with Crippen LogP contribution in [0.5, 0.6) is 0 Å². The normalized spacial score (nSPS) is 14.5. The Kier molecular flexibility index (Phi) is 6.78. The van der Waals surface area contributed by atoms with Crippen molar-refractivity contribution in [2.75, 3.05) is 0 Å². The molecule has 0 spiro atoms. The lowest BCUT2D eigenvalue weighted by molar-refractivity contribution is 0.661. The molecule has 0 unspecified atom stereocenters. The van der Waals surface area contributed by atoms with Gasteiger partial charge in [-0.1, -0.05) is 173 Å². The minimum atomic E-state index is -0.260. The van der Waals surface area contributed by atoms with Crippen LogP contribution in [0.1, 0.15) is 49.9 Å². The number of fused-ring (bicyclic) bond motifs is 14. The summed E-state index contributed by atoms with van der Waals surface area (Å²) in [6.07, 6.45) is 0. The highest BCUT2D eigenvalue weighted by Gasteiger charge is 2.41. The average molecular weight is 741 g/mol. The maximum atomic E-state index is 5.47. The highest BCUT2D eigenvalue weighted by Crippen LogP contribution is 2.58. The first-order chi connectivity index (χ1) is 28.3. The van der Waals surface area contributed by atoms with Crippen molar-refractivity contribution in [1.29, 1.82) is 0 Å². The molecular formula is C56H40N2. The summed E-state index contributed by atoms with van der Waals surface area (Å²) in [7, 11) is 0. The zero-order chi connectivity index (χ0) is 38.9. The smallest absolute Gasteiger partial charge is 0.160 e. The van der Waals surface area contributed by atoms with Crippen molar-refractivity contribution >= 4 is 43.1 Å². The van der Waals surface area contributed by atoms with Gasteiger partial charge in [0.15, 0.2) is 5.82 Å². The van der Waals surface area contributed by atoms with Crippen LogP contribution in [0.3, 0.4) is 0 Å². The SMILES string of the molecule is CC1(C)c2cc3ccccc3cc2-c2c(-c3cc(-c4cc5c(c6ccccc46)-c4c(c6ccccc6c6ccccc46)C5(C)C)nc(-c4ccccc4)n3)cccc21. The van der Waals surface area contributed by atoms with Crippen LogP contribution in [-0.2, 0) is 10.8 Å². The minimum Gasteiger partial charge on any atom is -0.228 e. The molecule has 10 aromatic rings. The van der Waals surface area contributed by atoms with Crippen LogP contribution in [-0.4, -0.2) is 9.97 Å². The molecule has 2 nitrogen and oxygen atoms in total. The second kappa shape index (κ2) is 11.8. The van der Waals surface area contributed by atoms with Crippen LogP contribution < -0.4 is 0 Å². The fourth-order valence-electron chi connectivity index (χ4n) is 10.7. The van der Waals surface area contributed by atoms with Gasteiger partial charge >= 0.3 is 0 Å². The second-order valence-corrected chi connectivity index (χ2v) is 17.3. The monoisotopic (exact) mass is 740 g/mol. The van der Waals surface area contributed by atoms with E-state index in [0.717, 1.165) is 33.9 Å². The van der Waals surface area contributed by atoms with Crippen LogP contribution in [0.2, 0.25) is 0 Å². The van der Waals surface area contributed by atoms with E-state index in [1.54, 1.807) is 0 Å². The highest BCUT2D eigenvalue weighted by atomic mass is 14.9. The number of hydrogen-bond donors (Lipinski definition) is 0. The minimum absolute atomic E-state index is 0.159. The highest BCUT2D eigenvalue weighted by molar-refractivity contribution is 6.22. The van der Waals surface area contributed by atoms with Gasteiger partial charge in [0.2, 0.25) is 0 Å². The zero-order valence-corrected chi connectivity index (χ0v) is 33.1. The fraction of sp³-hybridized carbons (Fsp3) is 0.107. The Morgan fingerprint density at radius 1 is 0.345 bits per heavy atom. The molecule has 2 aliphatic rings. The molecule has 12 rings (SSSR count). The quantitative estimate of drug-likeness (QED) is 0.169. The van der Waals surface area contributed by atoms with E-state index in [2.05, 4.69) is 198 Å². The molecule has 1 heterocycles. The number of nitrogens with zero attached hydrogens (tertiary/aromatic N) is 2. The van der Waals surface area contributed by atoms with Gasteiger partial charge in [-0.2, -0.15) is 0 Å². The standard InChI is InChI=1S/C56H40N2/c1-55(2)45-28-16-27-42(50(45)44-29-34-19-8-9-20-35(34)30-46(44)55)48-32-49(58-54(57-48)33-17-6-5-7-18-33)43-31-47-51(39-24-13-11-23-38(39)43)52-40-25-14-10-21-36(40)37-22-12-15-26-41(37)53(52)56(47,3)4/h5-32H,1-4H3. The first kappa shape index (κ1) is 33.3. The Morgan fingerprint density at radius 2 is 0.914 bits per heavy atom. The average Bonchev–Trinajstić information content (AvgIpc) is 3.65. The lowest BCUT2D eigenvalue weighted by Crippen LogP contribution is -2.16. The van der Waals surface area contributed by atoms with Gasteiger partial charge in [-0.15, -0.1) is 0 Å². The van der Waals surface area contributed by atoms with E-state index in [-0.39, 0.29) is 10.8 Å². The summed E-state index contributed by atoms with van der Waals surface area (Å²) in [5.41, 5.74) is 15.4. The number of aromatic nitrogens is 2. The summed E-state index contributed by atoms with van der Waals surface area (Å²) >= 11 is 0. The molecule has 0 radical (unpaired) electrons. The Bertz CT molecular complexity index is 3390. The Labute approximate surface area is 338 Å². The fourth-order valence-corrected chi connectivity index (χ4v) is 10.7. The Hall–Kier alpha value is -6.90. The summed E-state index contributed by atoms with van der Waals surface area (Å²) in [4.78, 5) is 10.9. The molecule has 1 aromatic heterocycles. The Balaban J connectivity index is 1.15. The maximum Gasteiger partial charge on any atom is 0.160 e. The molecular weight excluding hydrogens is 701 g/mol. The van der Waals surface area contributed by atoms with Gasteiger partial charge in [0.1, 0.15) is 0 Å². The van der Waals surface area contributed by atoms with Gasteiger partial charge in [0.25, 0.3) is 0 Å². The van der Waals surface area contributed by atoms with Crippen LogP contribution in [0, 0.1) is 0 Å². The summed E-state index contributed by atoms with van der Waals surface area (Å²) < 4.78 is 0. The van der Waals surface area contributed by atoms with Crippen molar-refractivity contribution in [3.05, 3.63) is 192 Å². The van der Waals surface area contributed by atoms with Gasteiger partial charge in [-0.3, -0.25) is 0 Å². The molecule has 0 saturated heterocycles. The second-order valence-electron chi connectivity index (χ2n) is 17.3. The molecule has 0 atom stereocenters. The predicted octanol–water partition coefficient (Wildman–Crippen LogP) is 14.7. The van der Waals surface area contributed by atoms with E-state index in [0.29, 0.717) is 0 Å². The van der Waals surface area contributed by atoms with Gasteiger partial charge in [0.05, 0.1) is 11.4 Å². The van der Waals surface area contributed by atoms with Crippen LogP contribution in [0.25, 0.3) is 99.2 Å².